The summed E-state index contributed by atoms with van der Waals surface area (Å²) in [7, 11) is 1.66. The summed E-state index contributed by atoms with van der Waals surface area (Å²) < 4.78 is 6.92. The molecule has 0 aliphatic heterocycles. The second-order valence-electron chi connectivity index (χ2n) is 3.38. The number of aromatic carboxylic acids is 1. The van der Waals surface area contributed by atoms with Gasteiger partial charge in [0.2, 0.25) is 0 Å². The zero-order chi connectivity index (χ0) is 12.4. The molecule has 2 aromatic rings. The Morgan fingerprint density at radius 3 is 2.59 bits per heavy atom. The molecule has 0 bridgehead atoms. The fraction of sp³-hybridized carbons (Fsp3) is 0.0909. The van der Waals surface area contributed by atoms with E-state index in [0.717, 1.165) is 0 Å². The molecule has 0 fully saturated rings. The number of hydrogen-bond donors (Lipinski definition) is 1. The number of aromatic nitrogens is 2. The lowest BCUT2D eigenvalue weighted by molar-refractivity contribution is 0.0690. The van der Waals surface area contributed by atoms with E-state index in [1.165, 1.54) is 10.8 Å². The highest BCUT2D eigenvalue weighted by Gasteiger charge is 2.12. The largest absolute Gasteiger partial charge is 0.476 e. The fourth-order valence-electron chi connectivity index (χ4n) is 1.26. The summed E-state index contributed by atoms with van der Waals surface area (Å²) in [6, 6.07) is 6.93. The Balaban J connectivity index is 2.24. The van der Waals surface area contributed by atoms with Crippen LogP contribution >= 0.6 is 11.6 Å². The van der Waals surface area contributed by atoms with E-state index in [0.29, 0.717) is 10.8 Å². The lowest BCUT2D eigenvalue weighted by Crippen LogP contribution is -1.95. The first kappa shape index (κ1) is 11.5. The average Bonchev–Trinajstić information content (AvgIpc) is 2.64. The van der Waals surface area contributed by atoms with Gasteiger partial charge in [0.15, 0.2) is 5.69 Å². The van der Waals surface area contributed by atoms with Crippen molar-refractivity contribution in [1.82, 2.24) is 9.55 Å². The van der Waals surface area contributed by atoms with Crippen molar-refractivity contribution in [2.45, 2.75) is 0 Å². The van der Waals surface area contributed by atoms with Gasteiger partial charge in [-0.05, 0) is 24.3 Å². The molecule has 2 rings (SSSR count). The van der Waals surface area contributed by atoms with Crippen LogP contribution in [0.2, 0.25) is 5.02 Å². The lowest BCUT2D eigenvalue weighted by Gasteiger charge is -2.03. The van der Waals surface area contributed by atoms with Crippen LogP contribution in [0, 0.1) is 0 Å². The maximum absolute atomic E-state index is 10.7. The molecule has 0 spiro atoms. The molecule has 0 aliphatic rings. The Kier molecular flexibility index (Phi) is 3.01. The van der Waals surface area contributed by atoms with E-state index in [4.69, 9.17) is 21.4 Å². The molecule has 6 heteroatoms. The topological polar surface area (TPSA) is 64.4 Å². The van der Waals surface area contributed by atoms with Gasteiger partial charge in [-0.3, -0.25) is 0 Å². The number of benzene rings is 1. The molecule has 17 heavy (non-hydrogen) atoms. The van der Waals surface area contributed by atoms with E-state index < -0.39 is 5.97 Å². The zero-order valence-electron chi connectivity index (χ0n) is 8.92. The van der Waals surface area contributed by atoms with E-state index in [1.54, 1.807) is 31.3 Å². The van der Waals surface area contributed by atoms with Gasteiger partial charge in [-0.15, -0.1) is 0 Å². The van der Waals surface area contributed by atoms with E-state index in [-0.39, 0.29) is 11.7 Å². The summed E-state index contributed by atoms with van der Waals surface area (Å²) in [4.78, 5) is 14.5. The van der Waals surface area contributed by atoms with Gasteiger partial charge in [0.05, 0.1) is 0 Å². The molecule has 5 nitrogen and oxygen atoms in total. The Bertz CT molecular complexity index is 548. The smallest absolute Gasteiger partial charge is 0.356 e. The van der Waals surface area contributed by atoms with Crippen molar-refractivity contribution < 1.29 is 14.6 Å². The summed E-state index contributed by atoms with van der Waals surface area (Å²) >= 11 is 5.74. The Hall–Kier alpha value is -2.01. The molecule has 0 amide bonds. The first-order valence-electron chi connectivity index (χ1n) is 4.76. The molecule has 1 aromatic carbocycles. The predicted molar refractivity (Wildman–Crippen MR) is 61.7 cm³/mol. The number of carbonyl (C=O) groups is 1. The van der Waals surface area contributed by atoms with Gasteiger partial charge in [-0.1, -0.05) is 11.6 Å². The number of carboxylic acids is 1. The number of carboxylic acid groups (broad SMARTS) is 1. The minimum Gasteiger partial charge on any atom is -0.476 e. The SMILES string of the molecule is Cn1cc(C(=O)O)nc1Oc1ccc(Cl)cc1. The third-order valence-corrected chi connectivity index (χ3v) is 2.33. The third kappa shape index (κ3) is 2.57. The van der Waals surface area contributed by atoms with Gasteiger partial charge in [0.1, 0.15) is 5.75 Å². The number of hydrogen-bond acceptors (Lipinski definition) is 3. The maximum Gasteiger partial charge on any atom is 0.356 e. The monoisotopic (exact) mass is 252 g/mol. The van der Waals surface area contributed by atoms with Crippen LogP contribution in [0.1, 0.15) is 10.5 Å². The van der Waals surface area contributed by atoms with E-state index in [9.17, 15) is 4.79 Å². The van der Waals surface area contributed by atoms with Crippen molar-refractivity contribution in [3.05, 3.63) is 41.2 Å². The second kappa shape index (κ2) is 4.47. The van der Waals surface area contributed by atoms with Gasteiger partial charge >= 0.3 is 12.0 Å². The molecule has 0 unspecified atom stereocenters. The zero-order valence-corrected chi connectivity index (χ0v) is 9.68. The van der Waals surface area contributed by atoms with Crippen LogP contribution in [0.25, 0.3) is 0 Å². The van der Waals surface area contributed by atoms with Crippen LogP contribution < -0.4 is 4.74 Å². The summed E-state index contributed by atoms with van der Waals surface area (Å²) in [5.41, 5.74) is -0.0588. The van der Waals surface area contributed by atoms with Gasteiger partial charge in [0, 0.05) is 18.3 Å². The van der Waals surface area contributed by atoms with E-state index in [2.05, 4.69) is 4.98 Å². The second-order valence-corrected chi connectivity index (χ2v) is 3.82. The normalized spacial score (nSPS) is 10.2. The van der Waals surface area contributed by atoms with Crippen LogP contribution in [-0.4, -0.2) is 20.6 Å². The van der Waals surface area contributed by atoms with Crippen LogP contribution in [0.5, 0.6) is 11.8 Å². The quantitative estimate of drug-likeness (QED) is 0.912. The van der Waals surface area contributed by atoms with Gasteiger partial charge in [-0.25, -0.2) is 4.79 Å². The molecule has 0 aliphatic carbocycles. The van der Waals surface area contributed by atoms with Crippen LogP contribution in [-0.2, 0) is 7.05 Å². The first-order chi connectivity index (χ1) is 8.06. The number of aryl methyl sites for hydroxylation is 1. The maximum atomic E-state index is 10.7. The fourth-order valence-corrected chi connectivity index (χ4v) is 1.38. The molecule has 0 atom stereocenters. The van der Waals surface area contributed by atoms with Crippen molar-refractivity contribution >= 4 is 17.6 Å². The minimum absolute atomic E-state index is 0.0588. The Morgan fingerprint density at radius 2 is 2.06 bits per heavy atom. The molecule has 88 valence electrons. The summed E-state index contributed by atoms with van der Waals surface area (Å²) in [5, 5.41) is 9.38. The van der Waals surface area contributed by atoms with Crippen LogP contribution in [0.15, 0.2) is 30.5 Å². The number of ether oxygens (including phenoxy) is 1. The van der Waals surface area contributed by atoms with Crippen molar-refractivity contribution in [2.75, 3.05) is 0 Å². The van der Waals surface area contributed by atoms with Crippen molar-refractivity contribution in [1.29, 1.82) is 0 Å². The Labute approximate surface area is 102 Å². The van der Waals surface area contributed by atoms with Gasteiger partial charge in [-0.2, -0.15) is 4.98 Å². The van der Waals surface area contributed by atoms with Gasteiger partial charge in [0.25, 0.3) is 0 Å². The number of halogens is 1. The van der Waals surface area contributed by atoms with Crippen LogP contribution in [0.3, 0.4) is 0 Å². The highest BCUT2D eigenvalue weighted by atomic mass is 35.5. The summed E-state index contributed by atoms with van der Waals surface area (Å²) in [6.45, 7) is 0. The lowest BCUT2D eigenvalue weighted by atomic mass is 10.3. The number of rotatable bonds is 3. The highest BCUT2D eigenvalue weighted by molar-refractivity contribution is 6.30. The van der Waals surface area contributed by atoms with E-state index >= 15 is 0 Å². The average molecular weight is 253 g/mol. The molecule has 0 radical (unpaired) electrons. The highest BCUT2D eigenvalue weighted by Crippen LogP contribution is 2.22. The molecule has 1 N–H and O–H groups in total. The summed E-state index contributed by atoms with van der Waals surface area (Å²) in [5.74, 6) is -0.549. The molecule has 0 saturated carbocycles. The first-order valence-corrected chi connectivity index (χ1v) is 5.14. The molecular formula is C11H9ClN2O3. The van der Waals surface area contributed by atoms with Gasteiger partial charge < -0.3 is 14.4 Å². The number of nitrogens with zero attached hydrogens (tertiary/aromatic N) is 2. The number of imidazole rings is 1. The minimum atomic E-state index is -1.09. The van der Waals surface area contributed by atoms with Crippen molar-refractivity contribution in [3.63, 3.8) is 0 Å². The van der Waals surface area contributed by atoms with Crippen LogP contribution in [0.4, 0.5) is 0 Å². The molecule has 0 saturated heterocycles. The van der Waals surface area contributed by atoms with E-state index in [1.807, 2.05) is 0 Å². The summed E-state index contributed by atoms with van der Waals surface area (Å²) in [6.07, 6.45) is 1.38. The molecule has 1 aromatic heterocycles. The van der Waals surface area contributed by atoms with Crippen molar-refractivity contribution in [3.8, 4) is 11.8 Å². The molecule has 1 heterocycles. The standard InChI is InChI=1S/C11H9ClN2O3/c1-14-6-9(10(15)16)13-11(14)17-8-4-2-7(12)3-5-8/h2-6H,1H3,(H,15,16). The van der Waals surface area contributed by atoms with Crippen molar-refractivity contribution in [2.24, 2.45) is 7.05 Å². The predicted octanol–water partition coefficient (Wildman–Crippen LogP) is 2.56. The Morgan fingerprint density at radius 1 is 1.41 bits per heavy atom. The third-order valence-electron chi connectivity index (χ3n) is 2.08. The molecular weight excluding hydrogens is 244 g/mol.